The Bertz CT molecular complexity index is 559. The van der Waals surface area contributed by atoms with Crippen molar-refractivity contribution in [1.82, 2.24) is 4.98 Å². The van der Waals surface area contributed by atoms with Gasteiger partial charge in [0.25, 0.3) is 0 Å². The zero-order chi connectivity index (χ0) is 10.4. The molecular formula is C11H8ClNO2. The lowest BCUT2D eigenvalue weighted by Gasteiger charge is -2.11. The molecule has 2 heterocycles. The van der Waals surface area contributed by atoms with E-state index in [9.17, 15) is 4.79 Å². The third kappa shape index (κ3) is 1.16. The lowest BCUT2D eigenvalue weighted by Crippen LogP contribution is -2.16. The molecule has 3 nitrogen and oxygen atoms in total. The second-order valence-corrected chi connectivity index (χ2v) is 3.93. The van der Waals surface area contributed by atoms with Crippen LogP contribution >= 0.6 is 11.6 Å². The molecule has 1 aliphatic rings. The number of esters is 1. The molecule has 4 heteroatoms. The first-order valence-corrected chi connectivity index (χ1v) is 5.11. The van der Waals surface area contributed by atoms with Crippen LogP contribution in [-0.2, 0) is 11.2 Å². The lowest BCUT2D eigenvalue weighted by atomic mass is 10.1. The molecule has 1 aromatic heterocycles. The lowest BCUT2D eigenvalue weighted by molar-refractivity contribution is 0.0475. The number of cyclic esters (lactones) is 1. The predicted octanol–water partition coefficient (Wildman–Crippen LogP) is 2.53. The molecule has 0 atom stereocenters. The molecular weight excluding hydrogens is 214 g/mol. The third-order valence-electron chi connectivity index (χ3n) is 2.67. The third-order valence-corrected chi connectivity index (χ3v) is 2.98. The summed E-state index contributed by atoms with van der Waals surface area (Å²) in [6.07, 6.45) is 0.727. The number of aromatic amines is 1. The summed E-state index contributed by atoms with van der Waals surface area (Å²) in [5.41, 5.74) is 2.42. The van der Waals surface area contributed by atoms with Crippen LogP contribution in [0.2, 0.25) is 5.02 Å². The molecule has 0 fully saturated rings. The summed E-state index contributed by atoms with van der Waals surface area (Å²) in [5, 5.41) is 1.63. The highest BCUT2D eigenvalue weighted by atomic mass is 35.5. The van der Waals surface area contributed by atoms with Crippen LogP contribution in [0.15, 0.2) is 18.2 Å². The number of ether oxygens (including phenoxy) is 1. The fourth-order valence-corrected chi connectivity index (χ4v) is 2.30. The van der Waals surface area contributed by atoms with Crippen LogP contribution in [0, 0.1) is 0 Å². The minimum absolute atomic E-state index is 0.288. The minimum atomic E-state index is -0.288. The zero-order valence-corrected chi connectivity index (χ0v) is 8.60. The molecule has 76 valence electrons. The molecule has 0 aliphatic carbocycles. The summed E-state index contributed by atoms with van der Waals surface area (Å²) in [5.74, 6) is -0.288. The van der Waals surface area contributed by atoms with Crippen molar-refractivity contribution in [3.63, 3.8) is 0 Å². The molecule has 15 heavy (non-hydrogen) atoms. The van der Waals surface area contributed by atoms with Crippen LogP contribution < -0.4 is 0 Å². The number of benzene rings is 1. The number of hydrogen-bond donors (Lipinski definition) is 1. The molecule has 0 spiro atoms. The van der Waals surface area contributed by atoms with E-state index in [-0.39, 0.29) is 5.97 Å². The molecule has 1 N–H and O–H groups in total. The predicted molar refractivity (Wildman–Crippen MR) is 57.3 cm³/mol. The van der Waals surface area contributed by atoms with E-state index in [1.54, 1.807) is 0 Å². The Morgan fingerprint density at radius 1 is 1.40 bits per heavy atom. The van der Waals surface area contributed by atoms with E-state index in [4.69, 9.17) is 16.3 Å². The first-order chi connectivity index (χ1) is 7.27. The van der Waals surface area contributed by atoms with Gasteiger partial charge in [0.2, 0.25) is 0 Å². The van der Waals surface area contributed by atoms with Gasteiger partial charge in [0.05, 0.1) is 11.6 Å². The van der Waals surface area contributed by atoms with Gasteiger partial charge in [0.1, 0.15) is 5.69 Å². The number of carbonyl (C=O) groups excluding carboxylic acids is 1. The van der Waals surface area contributed by atoms with Gasteiger partial charge in [-0.2, -0.15) is 0 Å². The zero-order valence-electron chi connectivity index (χ0n) is 7.84. The summed E-state index contributed by atoms with van der Waals surface area (Å²) in [6, 6.07) is 5.60. The fraction of sp³-hybridized carbons (Fsp3) is 0.182. The molecule has 2 aromatic rings. The van der Waals surface area contributed by atoms with Gasteiger partial charge in [-0.3, -0.25) is 0 Å². The number of carbonyl (C=O) groups is 1. The summed E-state index contributed by atoms with van der Waals surface area (Å²) in [4.78, 5) is 14.5. The Labute approximate surface area is 91.0 Å². The molecule has 1 aliphatic heterocycles. The monoisotopic (exact) mass is 221 g/mol. The van der Waals surface area contributed by atoms with Crippen LogP contribution in [0.3, 0.4) is 0 Å². The number of hydrogen-bond acceptors (Lipinski definition) is 2. The Kier molecular flexibility index (Phi) is 1.76. The summed E-state index contributed by atoms with van der Waals surface area (Å²) in [7, 11) is 0. The quantitative estimate of drug-likeness (QED) is 0.695. The van der Waals surface area contributed by atoms with Crippen LogP contribution in [0.1, 0.15) is 16.1 Å². The number of nitrogens with one attached hydrogen (secondary N) is 1. The van der Waals surface area contributed by atoms with Crippen molar-refractivity contribution in [2.45, 2.75) is 6.42 Å². The van der Waals surface area contributed by atoms with Gasteiger partial charge in [-0.25, -0.2) is 4.79 Å². The van der Waals surface area contributed by atoms with Gasteiger partial charge >= 0.3 is 5.97 Å². The summed E-state index contributed by atoms with van der Waals surface area (Å²) >= 11 is 6.11. The first kappa shape index (κ1) is 8.80. The van der Waals surface area contributed by atoms with Crippen LogP contribution in [-0.4, -0.2) is 17.6 Å². The summed E-state index contributed by atoms with van der Waals surface area (Å²) in [6.45, 7) is 0.435. The summed E-state index contributed by atoms with van der Waals surface area (Å²) < 4.78 is 4.96. The normalized spacial score (nSPS) is 15.1. The van der Waals surface area contributed by atoms with E-state index in [0.717, 1.165) is 22.9 Å². The molecule has 0 saturated carbocycles. The van der Waals surface area contributed by atoms with E-state index >= 15 is 0 Å². The second kappa shape index (κ2) is 3.00. The Morgan fingerprint density at radius 3 is 3.13 bits per heavy atom. The van der Waals surface area contributed by atoms with Gasteiger partial charge in [-0.05, 0) is 17.7 Å². The highest BCUT2D eigenvalue weighted by molar-refractivity contribution is 6.36. The molecule has 1 aromatic carbocycles. The van der Waals surface area contributed by atoms with Gasteiger partial charge in [-0.15, -0.1) is 0 Å². The number of aromatic nitrogens is 1. The fourth-order valence-electron chi connectivity index (χ4n) is 2.01. The van der Waals surface area contributed by atoms with Gasteiger partial charge in [0, 0.05) is 17.3 Å². The molecule has 3 rings (SSSR count). The maximum Gasteiger partial charge on any atom is 0.355 e. The number of fused-ring (bicyclic) bond motifs is 3. The van der Waals surface area contributed by atoms with E-state index < -0.39 is 0 Å². The second-order valence-electron chi connectivity index (χ2n) is 3.53. The largest absolute Gasteiger partial charge is 0.461 e. The highest BCUT2D eigenvalue weighted by Crippen LogP contribution is 2.31. The van der Waals surface area contributed by atoms with Gasteiger partial charge in [-0.1, -0.05) is 17.7 Å². The van der Waals surface area contributed by atoms with Crippen molar-refractivity contribution >= 4 is 28.5 Å². The molecule has 0 radical (unpaired) electrons. The van der Waals surface area contributed by atoms with E-state index in [0.29, 0.717) is 17.3 Å². The van der Waals surface area contributed by atoms with Crippen molar-refractivity contribution in [2.24, 2.45) is 0 Å². The minimum Gasteiger partial charge on any atom is -0.461 e. The maximum absolute atomic E-state index is 11.5. The highest BCUT2D eigenvalue weighted by Gasteiger charge is 2.24. The number of halogens is 1. The van der Waals surface area contributed by atoms with Crippen LogP contribution in [0.4, 0.5) is 0 Å². The molecule has 0 amide bonds. The Hall–Kier alpha value is -1.48. The van der Waals surface area contributed by atoms with Gasteiger partial charge in [0.15, 0.2) is 0 Å². The smallest absolute Gasteiger partial charge is 0.355 e. The van der Waals surface area contributed by atoms with Crippen LogP contribution in [0.25, 0.3) is 10.9 Å². The first-order valence-electron chi connectivity index (χ1n) is 4.73. The van der Waals surface area contributed by atoms with E-state index in [2.05, 4.69) is 4.98 Å². The maximum atomic E-state index is 11.5. The van der Waals surface area contributed by atoms with Crippen LogP contribution in [0.5, 0.6) is 0 Å². The average molecular weight is 222 g/mol. The van der Waals surface area contributed by atoms with E-state index in [1.165, 1.54) is 0 Å². The number of rotatable bonds is 0. The van der Waals surface area contributed by atoms with Crippen molar-refractivity contribution in [1.29, 1.82) is 0 Å². The number of H-pyrrole nitrogens is 1. The van der Waals surface area contributed by atoms with Gasteiger partial charge < -0.3 is 9.72 Å². The standard InChI is InChI=1S/C11H8ClNO2/c12-7-2-1-3-8-9(7)6-4-5-15-11(14)10(6)13-8/h1-3,13H,4-5H2. The van der Waals surface area contributed by atoms with Crippen molar-refractivity contribution in [3.05, 3.63) is 34.5 Å². The van der Waals surface area contributed by atoms with Crippen molar-refractivity contribution < 1.29 is 9.53 Å². The Balaban J connectivity index is 2.41. The van der Waals surface area contributed by atoms with Crippen molar-refractivity contribution in [2.75, 3.05) is 6.61 Å². The van der Waals surface area contributed by atoms with E-state index in [1.807, 2.05) is 18.2 Å². The topological polar surface area (TPSA) is 42.1 Å². The molecule has 0 unspecified atom stereocenters. The molecule has 0 bridgehead atoms. The van der Waals surface area contributed by atoms with Crippen molar-refractivity contribution in [3.8, 4) is 0 Å². The average Bonchev–Trinajstić information content (AvgIpc) is 2.59. The Morgan fingerprint density at radius 2 is 2.27 bits per heavy atom. The molecule has 0 saturated heterocycles. The SMILES string of the molecule is O=C1OCCc2c1[nH]c1cccc(Cl)c21.